The Balaban J connectivity index is 0.000000470. The Morgan fingerprint density at radius 1 is 0.559 bits per heavy atom. The van der Waals surface area contributed by atoms with Crippen LogP contribution in [-0.4, -0.2) is 89.6 Å². The molecule has 0 radical (unpaired) electrons. The number of rotatable bonds is 36. The minimum Gasteiger partial charge on any atom is -0.493 e. The third-order valence-electron chi connectivity index (χ3n) is 11.6. The number of ether oxygens (including phenoxy) is 4. The number of benzene rings is 2. The van der Waals surface area contributed by atoms with Crippen LogP contribution in [0.3, 0.4) is 0 Å². The standard InChI is InChI=1S/C26H39F3O6S.C24H37F3O4S/c1-2-3-4-5-6-7-8-9-10-11-19-36(31,32)20-18-33-23-14-12-22(13-15-23)16-17-25(26(27,28)29)34-21-24(30)35-25;1-2-3-4-5-6-7-8-9-10-11-19-32(29,30)20-18-31-22-15-12-21(13-16-22)14-17-23(28)24(25,26)27/h12-15H,2-11,16-21H2,1H3;12-13,15-16H,2-11,14,17-20H2,1H3. The molecule has 18 heteroatoms. The van der Waals surface area contributed by atoms with E-state index in [9.17, 15) is 52.8 Å². The van der Waals surface area contributed by atoms with Crippen LogP contribution in [0.2, 0.25) is 0 Å². The minimum atomic E-state index is -4.83. The van der Waals surface area contributed by atoms with Gasteiger partial charge in [0.15, 0.2) is 19.7 Å². The molecule has 0 bridgehead atoms. The number of unbranched alkanes of at least 4 members (excludes halogenated alkanes) is 18. The first-order chi connectivity index (χ1) is 32.2. The van der Waals surface area contributed by atoms with Gasteiger partial charge in [-0.3, -0.25) is 4.79 Å². The molecular weight excluding hydrogens is 939 g/mol. The van der Waals surface area contributed by atoms with E-state index >= 15 is 0 Å². The topological polar surface area (TPSA) is 139 Å². The van der Waals surface area contributed by atoms with Gasteiger partial charge in [0.1, 0.15) is 31.3 Å². The highest BCUT2D eigenvalue weighted by atomic mass is 32.2. The quantitative estimate of drug-likeness (QED) is 0.0368. The number of ketones is 1. The summed E-state index contributed by atoms with van der Waals surface area (Å²) >= 11 is 0. The van der Waals surface area contributed by atoms with Crippen molar-refractivity contribution in [3.8, 4) is 11.5 Å². The maximum absolute atomic E-state index is 13.3. The lowest BCUT2D eigenvalue weighted by atomic mass is 10.0. The Bertz CT molecular complexity index is 1910. The Labute approximate surface area is 401 Å². The Hall–Kier alpha value is -3.38. The molecule has 1 unspecified atom stereocenters. The third kappa shape index (κ3) is 27.1. The number of alkyl halides is 6. The highest BCUT2D eigenvalue weighted by molar-refractivity contribution is 7.91. The predicted molar refractivity (Wildman–Crippen MR) is 253 cm³/mol. The third-order valence-corrected chi connectivity index (χ3v) is 15.0. The number of Topliss-reactive ketones (excluding diaryl/α,β-unsaturated/α-hetero) is 1. The SMILES string of the molecule is CCCCCCCCCCCCS(=O)(=O)CCOc1ccc(CCC(=O)C(F)(F)F)cc1.CCCCCCCCCCCCS(=O)(=O)CCOc1ccc(CCC2(C(F)(F)F)OCC(=O)O2)cc1. The molecule has 1 aliphatic rings. The van der Waals surface area contributed by atoms with Gasteiger partial charge >= 0.3 is 24.1 Å². The summed E-state index contributed by atoms with van der Waals surface area (Å²) in [6, 6.07) is 12.6. The number of hydrogen-bond acceptors (Lipinski definition) is 10. The molecule has 0 spiro atoms. The van der Waals surface area contributed by atoms with Gasteiger partial charge in [0.25, 0.3) is 0 Å². The Morgan fingerprint density at radius 3 is 1.26 bits per heavy atom. The molecule has 0 aromatic heterocycles. The van der Waals surface area contributed by atoms with Crippen molar-refractivity contribution in [3.05, 3.63) is 59.7 Å². The van der Waals surface area contributed by atoms with Crippen molar-refractivity contribution in [1.82, 2.24) is 0 Å². The monoisotopic (exact) mass is 1010 g/mol. The largest absolute Gasteiger partial charge is 0.493 e. The van der Waals surface area contributed by atoms with E-state index in [1.165, 1.54) is 77.0 Å². The van der Waals surface area contributed by atoms with Crippen LogP contribution in [0.1, 0.15) is 166 Å². The summed E-state index contributed by atoms with van der Waals surface area (Å²) in [6.45, 7) is 3.73. The number of aryl methyl sites for hydroxylation is 2. The van der Waals surface area contributed by atoms with Crippen LogP contribution in [0, 0.1) is 0 Å². The average molecular weight is 1020 g/mol. The van der Waals surface area contributed by atoms with Crippen molar-refractivity contribution in [1.29, 1.82) is 0 Å². The second-order valence-corrected chi connectivity index (χ2v) is 22.2. The van der Waals surface area contributed by atoms with Crippen LogP contribution in [0.25, 0.3) is 0 Å². The predicted octanol–water partition coefficient (Wildman–Crippen LogP) is 12.6. The van der Waals surface area contributed by atoms with E-state index in [1.807, 2.05) is 0 Å². The lowest BCUT2D eigenvalue weighted by Gasteiger charge is -2.28. The summed E-state index contributed by atoms with van der Waals surface area (Å²) in [5.74, 6) is -4.65. The molecule has 1 aliphatic heterocycles. The molecule has 2 aromatic rings. The first-order valence-corrected chi connectivity index (χ1v) is 28.2. The van der Waals surface area contributed by atoms with Crippen LogP contribution >= 0.6 is 0 Å². The number of hydrogen-bond donors (Lipinski definition) is 0. The Morgan fingerprint density at radius 2 is 0.926 bits per heavy atom. The Kier molecular flexibility index (Phi) is 29.0. The molecule has 0 N–H and O–H groups in total. The fraction of sp³-hybridized carbons (Fsp3) is 0.720. The molecule has 0 aliphatic carbocycles. The van der Waals surface area contributed by atoms with Gasteiger partial charge in [-0.2, -0.15) is 26.3 Å². The van der Waals surface area contributed by atoms with Crippen LogP contribution < -0.4 is 9.47 Å². The van der Waals surface area contributed by atoms with Crippen molar-refractivity contribution < 1.29 is 71.7 Å². The van der Waals surface area contributed by atoms with Crippen molar-refractivity contribution >= 4 is 31.4 Å². The van der Waals surface area contributed by atoms with E-state index in [0.29, 0.717) is 35.5 Å². The van der Waals surface area contributed by atoms with Crippen molar-refractivity contribution in [2.45, 2.75) is 186 Å². The fourth-order valence-corrected chi connectivity index (χ4v) is 9.80. The molecule has 0 saturated carbocycles. The summed E-state index contributed by atoms with van der Waals surface area (Å²) < 4.78 is 145. The summed E-state index contributed by atoms with van der Waals surface area (Å²) in [7, 11) is -6.37. The van der Waals surface area contributed by atoms with E-state index in [-0.39, 0.29) is 49.1 Å². The summed E-state index contributed by atoms with van der Waals surface area (Å²) in [5, 5.41) is 0. The zero-order chi connectivity index (χ0) is 50.4. The van der Waals surface area contributed by atoms with Crippen molar-refractivity contribution in [2.24, 2.45) is 0 Å². The average Bonchev–Trinajstić information content (AvgIpc) is 3.68. The lowest BCUT2D eigenvalue weighted by Crippen LogP contribution is -2.46. The number of carbonyl (C=O) groups is 2. The molecule has 2 aromatic carbocycles. The molecule has 1 heterocycles. The van der Waals surface area contributed by atoms with E-state index in [1.54, 1.807) is 48.5 Å². The van der Waals surface area contributed by atoms with Gasteiger partial charge in [-0.1, -0.05) is 154 Å². The van der Waals surface area contributed by atoms with Crippen LogP contribution in [0.15, 0.2) is 48.5 Å². The number of halogens is 6. The van der Waals surface area contributed by atoms with Gasteiger partial charge in [0, 0.05) is 12.8 Å². The smallest absolute Gasteiger partial charge is 0.455 e. The summed E-state index contributed by atoms with van der Waals surface area (Å²) in [6.07, 6.45) is 12.1. The second kappa shape index (κ2) is 32.5. The summed E-state index contributed by atoms with van der Waals surface area (Å²) in [5.41, 5.74) is 1.16. The van der Waals surface area contributed by atoms with E-state index in [0.717, 1.165) is 38.5 Å². The molecule has 1 saturated heterocycles. The van der Waals surface area contributed by atoms with E-state index in [2.05, 4.69) is 23.3 Å². The molecule has 390 valence electrons. The number of sulfone groups is 2. The highest BCUT2D eigenvalue weighted by Gasteiger charge is 2.62. The maximum Gasteiger partial charge on any atom is 0.455 e. The van der Waals surface area contributed by atoms with Crippen LogP contribution in [-0.2, 0) is 51.6 Å². The van der Waals surface area contributed by atoms with Gasteiger partial charge in [-0.25, -0.2) is 21.6 Å². The van der Waals surface area contributed by atoms with Gasteiger partial charge in [0.05, 0.1) is 23.0 Å². The first-order valence-electron chi connectivity index (χ1n) is 24.6. The van der Waals surface area contributed by atoms with Crippen LogP contribution in [0.4, 0.5) is 26.3 Å². The second-order valence-electron chi connectivity index (χ2n) is 17.6. The molecular formula is C50H76F6O10S2. The van der Waals surface area contributed by atoms with Crippen molar-refractivity contribution in [2.75, 3.05) is 42.8 Å². The molecule has 68 heavy (non-hydrogen) atoms. The maximum atomic E-state index is 13.3. The first kappa shape index (κ1) is 60.7. The van der Waals surface area contributed by atoms with Crippen molar-refractivity contribution in [3.63, 3.8) is 0 Å². The number of cyclic esters (lactones) is 1. The van der Waals surface area contributed by atoms with Gasteiger partial charge in [-0.15, -0.1) is 0 Å². The zero-order valence-electron chi connectivity index (χ0n) is 40.2. The number of esters is 1. The number of carbonyl (C=O) groups excluding carboxylic acids is 2. The normalized spacial score (nSPS) is 15.4. The van der Waals surface area contributed by atoms with Gasteiger partial charge < -0.3 is 18.9 Å². The van der Waals surface area contributed by atoms with Crippen LogP contribution in [0.5, 0.6) is 11.5 Å². The highest BCUT2D eigenvalue weighted by Crippen LogP contribution is 2.41. The van der Waals surface area contributed by atoms with E-state index in [4.69, 9.17) is 9.47 Å². The molecule has 0 amide bonds. The van der Waals surface area contributed by atoms with E-state index < -0.39 is 69.0 Å². The zero-order valence-corrected chi connectivity index (χ0v) is 41.8. The molecule has 1 fully saturated rings. The molecule has 10 nitrogen and oxygen atoms in total. The van der Waals surface area contributed by atoms with Gasteiger partial charge in [-0.05, 0) is 61.1 Å². The lowest BCUT2D eigenvalue weighted by molar-refractivity contribution is -0.340. The molecule has 3 rings (SSSR count). The minimum absolute atomic E-state index is 0.00808. The van der Waals surface area contributed by atoms with Gasteiger partial charge in [0.2, 0.25) is 5.78 Å². The fourth-order valence-electron chi connectivity index (χ4n) is 7.43. The summed E-state index contributed by atoms with van der Waals surface area (Å²) in [4.78, 5) is 22.1. The molecule has 1 atom stereocenters.